The topological polar surface area (TPSA) is 183 Å². The number of hydrogen-bond donors (Lipinski definition) is 2. The van der Waals surface area contributed by atoms with Crippen LogP contribution in [0.2, 0.25) is 0 Å². The molecule has 0 aliphatic carbocycles. The average Bonchev–Trinajstić information content (AvgIpc) is 2.09. The molecule has 1 aromatic rings. The van der Waals surface area contributed by atoms with Crippen LogP contribution in [-0.4, -0.2) is 35.0 Å². The van der Waals surface area contributed by atoms with Gasteiger partial charge in [-0.2, -0.15) is 0 Å². The molecule has 0 amide bonds. The van der Waals surface area contributed by atoms with Gasteiger partial charge in [0.05, 0.1) is 0 Å². The van der Waals surface area contributed by atoms with Crippen LogP contribution in [0.1, 0.15) is 22.8 Å². The van der Waals surface area contributed by atoms with E-state index >= 15 is 0 Å². The molecule has 1 rings (SSSR count). The second kappa shape index (κ2) is 8.18. The van der Waals surface area contributed by atoms with E-state index in [1.807, 2.05) is 0 Å². The minimum absolute atomic E-state index is 1.21. The van der Waals surface area contributed by atoms with Gasteiger partial charge in [-0.05, 0) is 0 Å². The molecule has 0 atom stereocenters. The van der Waals surface area contributed by atoms with Gasteiger partial charge in [-0.1, -0.05) is 0 Å². The molecule has 0 spiro atoms. The van der Waals surface area contributed by atoms with Crippen LogP contribution >= 0.6 is 0 Å². The highest BCUT2D eigenvalue weighted by atomic mass is 32.3. The van der Waals surface area contributed by atoms with Crippen LogP contribution in [-0.2, 0) is 20.8 Å². The third-order valence-corrected chi connectivity index (χ3v) is 1.88. The number of rotatable bonds is 0. The highest BCUT2D eigenvalue weighted by Crippen LogP contribution is 1.94. The van der Waals surface area contributed by atoms with Crippen molar-refractivity contribution < 1.29 is 45.0 Å². The molecule has 0 saturated heterocycles. The van der Waals surface area contributed by atoms with Crippen molar-refractivity contribution in [1.29, 1.82) is 0 Å². The zero-order valence-electron chi connectivity index (χ0n) is 11.2. The molecule has 0 unspecified atom stereocenters. The summed E-state index contributed by atoms with van der Waals surface area (Å²) in [6, 6.07) is 0. The van der Waals surface area contributed by atoms with E-state index in [4.69, 9.17) is 35.0 Å². The predicted molar refractivity (Wildman–Crippen MR) is 63.2 cm³/mol. The molecule has 0 radical (unpaired) electrons. The summed E-state index contributed by atoms with van der Waals surface area (Å²) in [7, 11) is -9.83. The Morgan fingerprint density at radius 1 is 0.700 bits per heavy atom. The summed E-state index contributed by atoms with van der Waals surface area (Å²) in [6.45, 7) is 8.27. The average molecular weight is 332 g/mol. The van der Waals surface area contributed by atoms with E-state index in [2.05, 4.69) is 37.7 Å². The molecule has 0 aromatic carbocycles. The Bertz CT molecular complexity index is 542. The lowest BCUT2D eigenvalue weighted by Gasteiger charge is -1.89. The third-order valence-electron chi connectivity index (χ3n) is 1.88. The molecule has 118 valence electrons. The Morgan fingerprint density at radius 2 is 0.800 bits per heavy atom. The fraction of sp³-hybridized carbons (Fsp3) is 0.500. The normalized spacial score (nSPS) is 10.8. The Labute approximate surface area is 117 Å². The molecular formula is C8H16N2O8S2. The van der Waals surface area contributed by atoms with E-state index in [1.165, 1.54) is 22.8 Å². The maximum absolute atomic E-state index is 8.63. The SMILES string of the molecule is Cc1[nH+]c(C)c(C)[nH+]c1C.O=S(=O)([O-])O.O=S(=O)([O-])O. The van der Waals surface area contributed by atoms with Gasteiger partial charge in [0.1, 0.15) is 0 Å². The van der Waals surface area contributed by atoms with E-state index < -0.39 is 20.8 Å². The van der Waals surface area contributed by atoms with E-state index in [-0.39, 0.29) is 0 Å². The molecule has 0 saturated carbocycles. The first-order valence-electron chi connectivity index (χ1n) is 4.87. The molecule has 0 aliphatic heterocycles. The number of H-pyrrole nitrogens is 2. The zero-order chi connectivity index (χ0) is 16.7. The third kappa shape index (κ3) is 19.2. The van der Waals surface area contributed by atoms with Gasteiger partial charge < -0.3 is 9.11 Å². The summed E-state index contributed by atoms with van der Waals surface area (Å²) >= 11 is 0. The first kappa shape index (κ1) is 21.1. The van der Waals surface area contributed by atoms with E-state index in [0.29, 0.717) is 0 Å². The second-order valence-corrected chi connectivity index (χ2v) is 5.32. The first-order chi connectivity index (χ1) is 8.61. The first-order valence-corrected chi connectivity index (χ1v) is 7.60. The van der Waals surface area contributed by atoms with Gasteiger partial charge in [0.2, 0.25) is 43.6 Å². The molecule has 12 heteroatoms. The standard InChI is InChI=1S/C8H12N2.2H2O4S/c1-5-6(2)10-8(4)7(3)9-5;2*1-5(2,3)4/h1-4H3;2*(H2,1,2,3,4). The fourth-order valence-electron chi connectivity index (χ4n) is 0.938. The molecule has 20 heavy (non-hydrogen) atoms. The van der Waals surface area contributed by atoms with Gasteiger partial charge in [0.25, 0.3) is 0 Å². The zero-order valence-corrected chi connectivity index (χ0v) is 12.8. The van der Waals surface area contributed by atoms with Crippen molar-refractivity contribution in [3.8, 4) is 0 Å². The monoisotopic (exact) mass is 332 g/mol. The van der Waals surface area contributed by atoms with Gasteiger partial charge in [-0.3, -0.25) is 9.11 Å². The molecule has 0 bridgehead atoms. The van der Waals surface area contributed by atoms with E-state index in [0.717, 1.165) is 0 Å². The van der Waals surface area contributed by atoms with Crippen LogP contribution in [0.3, 0.4) is 0 Å². The minimum Gasteiger partial charge on any atom is -0.726 e. The molecule has 1 aromatic heterocycles. The van der Waals surface area contributed by atoms with Gasteiger partial charge in [-0.15, -0.1) is 0 Å². The Kier molecular flexibility index (Phi) is 8.64. The molecule has 0 aliphatic rings. The van der Waals surface area contributed by atoms with Crippen molar-refractivity contribution in [2.75, 3.05) is 0 Å². The molecule has 4 N–H and O–H groups in total. The largest absolute Gasteiger partial charge is 0.726 e. The second-order valence-electron chi connectivity index (χ2n) is 3.61. The smallest absolute Gasteiger partial charge is 0.243 e. The lowest BCUT2D eigenvalue weighted by molar-refractivity contribution is -0.472. The van der Waals surface area contributed by atoms with Crippen LogP contribution in [0.15, 0.2) is 0 Å². The summed E-state index contributed by atoms with van der Waals surface area (Å²) in [5.74, 6) is 0. The lowest BCUT2D eigenvalue weighted by Crippen LogP contribution is -2.27. The van der Waals surface area contributed by atoms with Crippen molar-refractivity contribution in [3.63, 3.8) is 0 Å². The highest BCUT2D eigenvalue weighted by molar-refractivity contribution is 7.80. The van der Waals surface area contributed by atoms with Crippen LogP contribution in [0, 0.1) is 27.7 Å². The Morgan fingerprint density at radius 3 is 0.900 bits per heavy atom. The number of aromatic nitrogens is 2. The fourth-order valence-corrected chi connectivity index (χ4v) is 0.938. The van der Waals surface area contributed by atoms with E-state index in [1.54, 1.807) is 0 Å². The number of aromatic amines is 2. The highest BCUT2D eigenvalue weighted by Gasteiger charge is 2.12. The maximum Gasteiger partial charge on any atom is 0.243 e. The van der Waals surface area contributed by atoms with Crippen LogP contribution in [0.25, 0.3) is 0 Å². The van der Waals surface area contributed by atoms with Crippen LogP contribution < -0.4 is 9.97 Å². The summed E-state index contributed by atoms with van der Waals surface area (Å²) < 4.78 is 65.7. The summed E-state index contributed by atoms with van der Waals surface area (Å²) in [5, 5.41) is 0. The van der Waals surface area contributed by atoms with E-state index in [9.17, 15) is 0 Å². The van der Waals surface area contributed by atoms with Crippen molar-refractivity contribution in [2.24, 2.45) is 0 Å². The summed E-state index contributed by atoms with van der Waals surface area (Å²) in [4.78, 5) is 6.55. The Hall–Kier alpha value is -1.18. The number of nitrogens with one attached hydrogen (secondary N) is 2. The van der Waals surface area contributed by atoms with Crippen molar-refractivity contribution in [2.45, 2.75) is 27.7 Å². The van der Waals surface area contributed by atoms with Crippen molar-refractivity contribution >= 4 is 20.8 Å². The van der Waals surface area contributed by atoms with Gasteiger partial charge >= 0.3 is 0 Å². The van der Waals surface area contributed by atoms with Gasteiger partial charge in [0, 0.05) is 27.7 Å². The Balaban J connectivity index is 0. The van der Waals surface area contributed by atoms with Gasteiger partial charge in [-0.25, -0.2) is 26.8 Å². The predicted octanol–water partition coefficient (Wildman–Crippen LogP) is -1.44. The summed E-state index contributed by atoms with van der Waals surface area (Å²) in [5.41, 5.74) is 4.84. The van der Waals surface area contributed by atoms with Crippen molar-refractivity contribution in [3.05, 3.63) is 22.8 Å². The minimum atomic E-state index is -4.92. The maximum atomic E-state index is 8.63. The lowest BCUT2D eigenvalue weighted by atomic mass is 10.3. The number of hydrogen-bond acceptors (Lipinski definition) is 6. The number of aryl methyl sites for hydroxylation is 4. The molecule has 1 heterocycles. The van der Waals surface area contributed by atoms with Crippen molar-refractivity contribution in [1.82, 2.24) is 0 Å². The van der Waals surface area contributed by atoms with Gasteiger partial charge in [0.15, 0.2) is 0 Å². The molecular weight excluding hydrogens is 316 g/mol. The summed E-state index contributed by atoms with van der Waals surface area (Å²) in [6.07, 6.45) is 0. The van der Waals surface area contributed by atoms with Crippen LogP contribution in [0.5, 0.6) is 0 Å². The van der Waals surface area contributed by atoms with Crippen LogP contribution in [0.4, 0.5) is 0 Å². The quantitative estimate of drug-likeness (QED) is 0.427. The molecule has 10 nitrogen and oxygen atoms in total. The molecule has 0 fully saturated rings.